The molecule has 360 valence electrons. The van der Waals surface area contributed by atoms with Gasteiger partial charge in [-0.3, -0.25) is 29.5 Å². The lowest BCUT2D eigenvalue weighted by atomic mass is 10.0. The van der Waals surface area contributed by atoms with Gasteiger partial charge >= 0.3 is 6.09 Å². The summed E-state index contributed by atoms with van der Waals surface area (Å²) < 4.78 is 21.4. The Kier molecular flexibility index (Phi) is 15.1. The number of nitrogens with one attached hydrogen (secondary N) is 1. The van der Waals surface area contributed by atoms with Gasteiger partial charge in [-0.05, 0) is 119 Å². The summed E-state index contributed by atoms with van der Waals surface area (Å²) in [5.74, 6) is 2.07. The van der Waals surface area contributed by atoms with E-state index < -0.39 is 11.7 Å². The standard InChI is InChI=1S/C30H36N4O4.C25H28N4O2/c1-18(2)14-20(33-29(36)38-30(4,5)6)17-37-26-16-25-22(15-23(26)24-10-8-9-12-32-24)21-11-13-31-19(3)27(21)28(35)34(25)7;1-15(2)11-17(26)14-31-23-13-22-19(12-20(23)21-7-5-6-9-28-21)18-8-10-27-16(3)24(18)25(30)29(22)4/h8-13,15-16,18,20H,14,17H2,1-7H3,(H,33,36);5-10,12-13,15,17H,11,14,26H2,1-4H3/t20-;17-/m00/s1. The van der Waals surface area contributed by atoms with Crippen LogP contribution in [0.1, 0.15) is 72.7 Å². The number of aryl methyl sites for hydroxylation is 4. The van der Waals surface area contributed by atoms with Crippen LogP contribution in [0.3, 0.4) is 0 Å². The largest absolute Gasteiger partial charge is 0.491 e. The van der Waals surface area contributed by atoms with Gasteiger partial charge in [0.05, 0.1) is 50.6 Å². The minimum atomic E-state index is -0.598. The summed E-state index contributed by atoms with van der Waals surface area (Å²) in [4.78, 5) is 56.6. The van der Waals surface area contributed by atoms with Crippen LogP contribution in [0.15, 0.2) is 107 Å². The average Bonchev–Trinajstić information content (AvgIpc) is 3.30. The molecule has 69 heavy (non-hydrogen) atoms. The molecule has 8 rings (SSSR count). The first kappa shape index (κ1) is 49.7. The summed E-state index contributed by atoms with van der Waals surface area (Å²) in [7, 11) is 3.54. The lowest BCUT2D eigenvalue weighted by Gasteiger charge is -2.25. The summed E-state index contributed by atoms with van der Waals surface area (Å²) in [5, 5.41) is 7.78. The molecule has 0 aliphatic heterocycles. The Hall–Kier alpha value is -7.19. The first-order chi connectivity index (χ1) is 32.8. The molecule has 0 bridgehead atoms. The molecule has 1 amide bonds. The van der Waals surface area contributed by atoms with E-state index in [1.54, 1.807) is 48.0 Å². The Balaban J connectivity index is 0.000000208. The fraction of sp³-hybridized carbons (Fsp3) is 0.364. The van der Waals surface area contributed by atoms with Crippen molar-refractivity contribution in [1.29, 1.82) is 0 Å². The molecule has 0 saturated heterocycles. The van der Waals surface area contributed by atoms with Crippen molar-refractivity contribution < 1.29 is 19.0 Å². The van der Waals surface area contributed by atoms with Crippen LogP contribution < -0.4 is 31.6 Å². The number of amides is 1. The summed E-state index contributed by atoms with van der Waals surface area (Å²) in [6, 6.07) is 22.8. The zero-order chi connectivity index (χ0) is 49.7. The number of ether oxygens (including phenoxy) is 3. The van der Waals surface area contributed by atoms with Crippen molar-refractivity contribution in [2.75, 3.05) is 13.2 Å². The number of carbonyl (C=O) groups is 1. The Morgan fingerprint density at radius 2 is 1.10 bits per heavy atom. The lowest BCUT2D eigenvalue weighted by Crippen LogP contribution is -2.42. The molecule has 0 aliphatic carbocycles. The van der Waals surface area contributed by atoms with Crippen molar-refractivity contribution in [3.8, 4) is 34.0 Å². The Morgan fingerprint density at radius 1 is 0.638 bits per heavy atom. The number of aromatic nitrogens is 6. The van der Waals surface area contributed by atoms with Crippen LogP contribution in [0.5, 0.6) is 11.5 Å². The summed E-state index contributed by atoms with van der Waals surface area (Å²) in [5.41, 5.74) is 11.7. The topological polar surface area (TPSA) is 178 Å². The average molecular weight is 933 g/mol. The van der Waals surface area contributed by atoms with Crippen LogP contribution in [0, 0.1) is 25.7 Å². The Morgan fingerprint density at radius 3 is 1.52 bits per heavy atom. The highest BCUT2D eigenvalue weighted by Gasteiger charge is 2.23. The third kappa shape index (κ3) is 11.4. The molecule has 2 atom stereocenters. The van der Waals surface area contributed by atoms with Crippen molar-refractivity contribution in [2.24, 2.45) is 31.7 Å². The highest BCUT2D eigenvalue weighted by molar-refractivity contribution is 6.09. The zero-order valence-corrected chi connectivity index (χ0v) is 41.6. The Labute approximate surface area is 402 Å². The van der Waals surface area contributed by atoms with Crippen LogP contribution >= 0.6 is 0 Å². The van der Waals surface area contributed by atoms with Gasteiger partial charge in [0.15, 0.2) is 0 Å². The molecule has 14 nitrogen and oxygen atoms in total. The van der Waals surface area contributed by atoms with Crippen LogP contribution in [0.2, 0.25) is 0 Å². The van der Waals surface area contributed by atoms with Crippen LogP contribution in [0.25, 0.3) is 65.9 Å². The van der Waals surface area contributed by atoms with Gasteiger partial charge in [0, 0.05) is 79.0 Å². The number of fused-ring (bicyclic) bond motifs is 6. The van der Waals surface area contributed by atoms with Crippen molar-refractivity contribution in [3.63, 3.8) is 0 Å². The zero-order valence-electron chi connectivity index (χ0n) is 41.6. The maximum absolute atomic E-state index is 13.3. The molecule has 6 aromatic heterocycles. The number of pyridine rings is 6. The third-order valence-corrected chi connectivity index (χ3v) is 11.8. The molecule has 0 fully saturated rings. The molecule has 2 aromatic carbocycles. The molecule has 0 aliphatic rings. The van der Waals surface area contributed by atoms with Crippen molar-refractivity contribution in [1.82, 2.24) is 34.4 Å². The SMILES string of the molecule is Cc1nccc2c1c(=O)n(C)c1cc(OC[C@@H](N)CC(C)C)c(-c3ccccn3)cc21.Cc1nccc2c1c(=O)n(C)c1cc(OC[C@H](CC(C)C)NC(=O)OC(C)(C)C)c(-c3ccccn3)cc21. The lowest BCUT2D eigenvalue weighted by molar-refractivity contribution is 0.0480. The van der Waals surface area contributed by atoms with E-state index in [9.17, 15) is 14.4 Å². The van der Waals surface area contributed by atoms with Gasteiger partial charge < -0.3 is 34.4 Å². The van der Waals surface area contributed by atoms with E-state index in [-0.39, 0.29) is 29.8 Å². The van der Waals surface area contributed by atoms with Gasteiger partial charge in [0.25, 0.3) is 11.1 Å². The minimum Gasteiger partial charge on any atom is -0.491 e. The summed E-state index contributed by atoms with van der Waals surface area (Å²) >= 11 is 0. The van der Waals surface area contributed by atoms with Gasteiger partial charge in [-0.2, -0.15) is 0 Å². The molecule has 14 heteroatoms. The monoisotopic (exact) mass is 932 g/mol. The number of nitrogens with two attached hydrogens (primary N) is 1. The molecule has 0 unspecified atom stereocenters. The first-order valence-electron chi connectivity index (χ1n) is 23.5. The van der Waals surface area contributed by atoms with E-state index in [0.717, 1.165) is 67.2 Å². The van der Waals surface area contributed by atoms with E-state index in [0.29, 0.717) is 52.8 Å². The number of benzene rings is 2. The minimum absolute atomic E-state index is 0.0681. The van der Waals surface area contributed by atoms with Gasteiger partial charge in [-0.1, -0.05) is 39.8 Å². The predicted molar refractivity (Wildman–Crippen MR) is 276 cm³/mol. The van der Waals surface area contributed by atoms with E-state index in [4.69, 9.17) is 19.9 Å². The van der Waals surface area contributed by atoms with Crippen LogP contribution in [-0.2, 0) is 18.8 Å². The van der Waals surface area contributed by atoms with Gasteiger partial charge in [-0.25, -0.2) is 4.79 Å². The van der Waals surface area contributed by atoms with Crippen LogP contribution in [0.4, 0.5) is 4.79 Å². The first-order valence-corrected chi connectivity index (χ1v) is 23.5. The third-order valence-electron chi connectivity index (χ3n) is 11.8. The quantitative estimate of drug-likeness (QED) is 0.105. The molecule has 0 spiro atoms. The number of rotatable bonds is 13. The molecule has 0 saturated carbocycles. The number of alkyl carbamates (subject to hydrolysis) is 1. The fourth-order valence-electron chi connectivity index (χ4n) is 8.76. The van der Waals surface area contributed by atoms with Gasteiger partial charge in [-0.15, -0.1) is 0 Å². The van der Waals surface area contributed by atoms with Crippen LogP contribution in [-0.4, -0.2) is 66.1 Å². The van der Waals surface area contributed by atoms with Crippen molar-refractivity contribution >= 4 is 49.4 Å². The molecule has 6 heterocycles. The second-order valence-electron chi connectivity index (χ2n) is 19.5. The Bertz CT molecular complexity index is 3250. The molecule has 3 N–H and O–H groups in total. The molecule has 0 radical (unpaired) electrons. The molecular formula is C55H64N8O6. The van der Waals surface area contributed by atoms with E-state index in [1.807, 2.05) is 101 Å². The highest BCUT2D eigenvalue weighted by atomic mass is 16.6. The highest BCUT2D eigenvalue weighted by Crippen LogP contribution is 2.37. The summed E-state index contributed by atoms with van der Waals surface area (Å²) in [6.45, 7) is 18.3. The molecular weight excluding hydrogens is 869 g/mol. The number of hydrogen-bond donors (Lipinski definition) is 2. The second kappa shape index (κ2) is 21.0. The number of hydrogen-bond acceptors (Lipinski definition) is 11. The van der Waals surface area contributed by atoms with E-state index in [2.05, 4.69) is 59.0 Å². The number of nitrogens with zero attached hydrogens (tertiary/aromatic N) is 6. The summed E-state index contributed by atoms with van der Waals surface area (Å²) in [6.07, 6.45) is 8.08. The second-order valence-corrected chi connectivity index (χ2v) is 19.5. The normalized spacial score (nSPS) is 12.6. The maximum Gasteiger partial charge on any atom is 0.407 e. The smallest absolute Gasteiger partial charge is 0.407 e. The molecule has 8 aromatic rings. The van der Waals surface area contributed by atoms with Crippen molar-refractivity contribution in [3.05, 3.63) is 130 Å². The van der Waals surface area contributed by atoms with Crippen molar-refractivity contribution in [2.45, 2.75) is 92.8 Å². The fourth-order valence-corrected chi connectivity index (χ4v) is 8.76. The van der Waals surface area contributed by atoms with Gasteiger partial charge in [0.2, 0.25) is 0 Å². The number of carbonyl (C=O) groups excluding carboxylic acids is 1. The van der Waals surface area contributed by atoms with E-state index >= 15 is 0 Å². The maximum atomic E-state index is 13.3. The van der Waals surface area contributed by atoms with E-state index in [1.165, 1.54) is 0 Å². The predicted octanol–water partition coefficient (Wildman–Crippen LogP) is 9.98. The van der Waals surface area contributed by atoms with Gasteiger partial charge in [0.1, 0.15) is 30.3 Å².